The Labute approximate surface area is 138 Å². The normalized spacial score (nSPS) is 12.4. The van der Waals surface area contributed by atoms with E-state index in [1.165, 1.54) is 24.5 Å². The van der Waals surface area contributed by atoms with Gasteiger partial charge in [0.1, 0.15) is 4.83 Å². The van der Waals surface area contributed by atoms with Crippen molar-refractivity contribution in [1.82, 2.24) is 4.98 Å². The minimum atomic E-state index is -4.46. The molecule has 0 saturated carbocycles. The zero-order valence-electron chi connectivity index (χ0n) is 10.5. The standard InChI is InChI=1S/C14H9BrF3NO.BrH/c15-12(9-4-6-19-7-5-9)13(20)10-2-1-3-11(8-10)14(16,17)18;/h1-8,12H;1H. The van der Waals surface area contributed by atoms with E-state index < -0.39 is 22.4 Å². The van der Waals surface area contributed by atoms with Gasteiger partial charge in [0.15, 0.2) is 5.78 Å². The fourth-order valence-corrected chi connectivity index (χ4v) is 2.25. The van der Waals surface area contributed by atoms with Crippen LogP contribution >= 0.6 is 32.9 Å². The quantitative estimate of drug-likeness (QED) is 0.512. The van der Waals surface area contributed by atoms with Crippen molar-refractivity contribution in [1.29, 1.82) is 0 Å². The van der Waals surface area contributed by atoms with Crippen LogP contribution in [-0.4, -0.2) is 10.8 Å². The Bertz CT molecular complexity index is 617. The molecule has 21 heavy (non-hydrogen) atoms. The van der Waals surface area contributed by atoms with E-state index in [9.17, 15) is 18.0 Å². The van der Waals surface area contributed by atoms with Gasteiger partial charge in [-0.1, -0.05) is 28.1 Å². The zero-order valence-corrected chi connectivity index (χ0v) is 13.8. The second-order valence-corrected chi connectivity index (χ2v) is 5.00. The van der Waals surface area contributed by atoms with Gasteiger partial charge in [0.05, 0.1) is 5.56 Å². The first kappa shape index (κ1) is 17.8. The molecule has 1 atom stereocenters. The van der Waals surface area contributed by atoms with Gasteiger partial charge in [0, 0.05) is 18.0 Å². The van der Waals surface area contributed by atoms with Gasteiger partial charge in [0.25, 0.3) is 0 Å². The third-order valence-corrected chi connectivity index (χ3v) is 3.65. The van der Waals surface area contributed by atoms with E-state index in [1.54, 1.807) is 12.1 Å². The Kier molecular flexibility index (Phi) is 6.10. The molecule has 0 radical (unpaired) electrons. The molecular weight excluding hydrogens is 415 g/mol. The number of alkyl halides is 4. The fraction of sp³-hybridized carbons (Fsp3) is 0.143. The maximum Gasteiger partial charge on any atom is 0.416 e. The summed E-state index contributed by atoms with van der Waals surface area (Å²) in [5.41, 5.74) is -0.182. The van der Waals surface area contributed by atoms with Gasteiger partial charge in [-0.2, -0.15) is 13.2 Å². The van der Waals surface area contributed by atoms with Crippen LogP contribution in [0.4, 0.5) is 13.2 Å². The second kappa shape index (κ2) is 7.17. The maximum absolute atomic E-state index is 12.6. The number of benzene rings is 1. The lowest BCUT2D eigenvalue weighted by molar-refractivity contribution is -0.137. The van der Waals surface area contributed by atoms with Crippen molar-refractivity contribution in [2.45, 2.75) is 11.0 Å². The number of halogens is 5. The topological polar surface area (TPSA) is 30.0 Å². The number of rotatable bonds is 3. The van der Waals surface area contributed by atoms with E-state index in [2.05, 4.69) is 20.9 Å². The lowest BCUT2D eigenvalue weighted by Gasteiger charge is -2.11. The Hall–Kier alpha value is -1.21. The number of carbonyl (C=O) groups is 1. The maximum atomic E-state index is 12.6. The van der Waals surface area contributed by atoms with Crippen LogP contribution in [0.25, 0.3) is 0 Å². The van der Waals surface area contributed by atoms with Gasteiger partial charge >= 0.3 is 6.18 Å². The number of carbonyl (C=O) groups excluding carboxylic acids is 1. The van der Waals surface area contributed by atoms with E-state index in [-0.39, 0.29) is 22.5 Å². The lowest BCUT2D eigenvalue weighted by atomic mass is 10.0. The van der Waals surface area contributed by atoms with E-state index in [0.717, 1.165) is 12.1 Å². The summed E-state index contributed by atoms with van der Waals surface area (Å²) in [6, 6.07) is 7.65. The molecule has 0 bridgehead atoms. The van der Waals surface area contributed by atoms with E-state index in [4.69, 9.17) is 0 Å². The van der Waals surface area contributed by atoms with E-state index in [0.29, 0.717) is 5.56 Å². The molecule has 0 N–H and O–H groups in total. The summed E-state index contributed by atoms with van der Waals surface area (Å²) in [4.78, 5) is 15.3. The van der Waals surface area contributed by atoms with Gasteiger partial charge < -0.3 is 0 Å². The summed E-state index contributed by atoms with van der Waals surface area (Å²) in [5.74, 6) is -0.428. The number of aromatic nitrogens is 1. The summed E-state index contributed by atoms with van der Waals surface area (Å²) in [6.45, 7) is 0. The van der Waals surface area contributed by atoms with Crippen molar-refractivity contribution >= 4 is 38.7 Å². The molecule has 7 heteroatoms. The van der Waals surface area contributed by atoms with Gasteiger partial charge in [-0.25, -0.2) is 0 Å². The smallest absolute Gasteiger partial charge is 0.293 e. The van der Waals surface area contributed by atoms with Crippen LogP contribution in [0.1, 0.15) is 26.3 Å². The van der Waals surface area contributed by atoms with Crippen molar-refractivity contribution < 1.29 is 18.0 Å². The first-order valence-electron chi connectivity index (χ1n) is 5.65. The molecule has 2 aromatic rings. The van der Waals surface area contributed by atoms with Gasteiger partial charge in [-0.05, 0) is 29.8 Å². The molecule has 1 aromatic heterocycles. The van der Waals surface area contributed by atoms with E-state index >= 15 is 0 Å². The van der Waals surface area contributed by atoms with Crippen LogP contribution in [0.5, 0.6) is 0 Å². The minimum Gasteiger partial charge on any atom is -0.293 e. The van der Waals surface area contributed by atoms with Gasteiger partial charge in [0.2, 0.25) is 0 Å². The van der Waals surface area contributed by atoms with Crippen LogP contribution in [0.3, 0.4) is 0 Å². The molecule has 1 heterocycles. The number of ketones is 1. The summed E-state index contributed by atoms with van der Waals surface area (Å²) in [5, 5.41) is 0. The van der Waals surface area contributed by atoms with E-state index in [1.807, 2.05) is 0 Å². The fourth-order valence-electron chi connectivity index (χ4n) is 1.68. The van der Waals surface area contributed by atoms with Crippen molar-refractivity contribution in [2.24, 2.45) is 0 Å². The molecule has 0 aliphatic heterocycles. The third-order valence-electron chi connectivity index (χ3n) is 2.70. The highest BCUT2D eigenvalue weighted by Crippen LogP contribution is 2.32. The molecule has 0 saturated heterocycles. The Morgan fingerprint density at radius 1 is 1.14 bits per heavy atom. The molecule has 0 spiro atoms. The van der Waals surface area contributed by atoms with Crippen molar-refractivity contribution in [2.75, 3.05) is 0 Å². The highest BCUT2D eigenvalue weighted by molar-refractivity contribution is 9.09. The molecule has 2 nitrogen and oxygen atoms in total. The Morgan fingerprint density at radius 2 is 1.76 bits per heavy atom. The number of pyridine rings is 1. The van der Waals surface area contributed by atoms with Crippen LogP contribution in [0.15, 0.2) is 48.8 Å². The first-order valence-corrected chi connectivity index (χ1v) is 6.56. The third kappa shape index (κ3) is 4.38. The average molecular weight is 425 g/mol. The number of hydrogen-bond acceptors (Lipinski definition) is 2. The zero-order chi connectivity index (χ0) is 14.8. The van der Waals surface area contributed by atoms with Crippen molar-refractivity contribution in [3.8, 4) is 0 Å². The predicted molar refractivity (Wildman–Crippen MR) is 82.0 cm³/mol. The van der Waals surface area contributed by atoms with Crippen LogP contribution in [0.2, 0.25) is 0 Å². The molecule has 0 amide bonds. The molecular formula is C14H10Br2F3NO. The second-order valence-electron chi connectivity index (χ2n) is 4.09. The first-order chi connectivity index (χ1) is 9.39. The van der Waals surface area contributed by atoms with Gasteiger partial charge in [-0.3, -0.25) is 9.78 Å². The summed E-state index contributed by atoms with van der Waals surface area (Å²) >= 11 is 3.20. The molecule has 0 aliphatic rings. The monoisotopic (exact) mass is 423 g/mol. The summed E-state index contributed by atoms with van der Waals surface area (Å²) < 4.78 is 37.9. The van der Waals surface area contributed by atoms with Crippen LogP contribution in [0, 0.1) is 0 Å². The van der Waals surface area contributed by atoms with Crippen molar-refractivity contribution in [3.05, 3.63) is 65.5 Å². The minimum absolute atomic E-state index is 0. The highest BCUT2D eigenvalue weighted by Gasteiger charge is 2.31. The number of nitrogens with zero attached hydrogens (tertiary/aromatic N) is 1. The van der Waals surface area contributed by atoms with Crippen LogP contribution in [-0.2, 0) is 6.18 Å². The average Bonchev–Trinajstić information content (AvgIpc) is 2.46. The summed E-state index contributed by atoms with van der Waals surface area (Å²) in [6.07, 6.45) is -1.43. The summed E-state index contributed by atoms with van der Waals surface area (Å²) in [7, 11) is 0. The molecule has 0 fully saturated rings. The largest absolute Gasteiger partial charge is 0.416 e. The number of Topliss-reactive ketones (excluding diaryl/α,β-unsaturated/α-hetero) is 1. The lowest BCUT2D eigenvalue weighted by Crippen LogP contribution is -2.10. The SMILES string of the molecule is Br.O=C(c1cccc(C(F)(F)F)c1)C(Br)c1ccncc1. The molecule has 1 unspecified atom stereocenters. The number of hydrogen-bond donors (Lipinski definition) is 0. The Balaban J connectivity index is 0.00000220. The Morgan fingerprint density at radius 3 is 2.33 bits per heavy atom. The van der Waals surface area contributed by atoms with Gasteiger partial charge in [-0.15, -0.1) is 17.0 Å². The highest BCUT2D eigenvalue weighted by atomic mass is 79.9. The molecule has 2 rings (SSSR count). The van der Waals surface area contributed by atoms with Crippen molar-refractivity contribution in [3.63, 3.8) is 0 Å². The molecule has 112 valence electrons. The molecule has 0 aliphatic carbocycles. The predicted octanol–water partition coefficient (Wildman–Crippen LogP) is 5.00. The van der Waals surface area contributed by atoms with Crippen LogP contribution < -0.4 is 0 Å². The molecule has 1 aromatic carbocycles.